The number of nitrogens with one attached hydrogen (secondary N) is 3. The van der Waals surface area contributed by atoms with Crippen molar-refractivity contribution in [2.24, 2.45) is 23.2 Å². The van der Waals surface area contributed by atoms with Crippen LogP contribution in [0.1, 0.15) is 59.3 Å². The van der Waals surface area contributed by atoms with Gasteiger partial charge in [0, 0.05) is 18.8 Å². The van der Waals surface area contributed by atoms with E-state index in [0.29, 0.717) is 41.4 Å². The summed E-state index contributed by atoms with van der Waals surface area (Å²) in [7, 11) is 0. The van der Waals surface area contributed by atoms with Crippen LogP contribution in [0.3, 0.4) is 0 Å². The van der Waals surface area contributed by atoms with Gasteiger partial charge in [-0.15, -0.1) is 0 Å². The number of amides is 5. The van der Waals surface area contributed by atoms with Crippen LogP contribution in [0.2, 0.25) is 0 Å². The van der Waals surface area contributed by atoms with Crippen LogP contribution >= 0.6 is 0 Å². The lowest BCUT2D eigenvalue weighted by Gasteiger charge is -2.57. The highest BCUT2D eigenvalue weighted by Crippen LogP contribution is 2.60. The molecule has 0 aromatic heterocycles. The normalized spacial score (nSPS) is 27.5. The molecular formula is C35H45N5O6. The molecule has 4 saturated carbocycles. The predicted molar refractivity (Wildman–Crippen MR) is 174 cm³/mol. The lowest BCUT2D eigenvalue weighted by atomic mass is 9.49. The lowest BCUT2D eigenvalue weighted by Crippen LogP contribution is -2.59. The van der Waals surface area contributed by atoms with Crippen molar-refractivity contribution in [3.8, 4) is 0 Å². The van der Waals surface area contributed by atoms with Gasteiger partial charge < -0.3 is 35.6 Å². The SMILES string of the molecule is CC(C)(C)OC(=O)N[C@@H](CO)CN1C(=O)[C@H](NC(=O)Nc2ccccc2)C(=O)N(CC23CC4CC(CC(C4)C2)C3)c2ccccc21. The Kier molecular flexibility index (Phi) is 8.71. The minimum Gasteiger partial charge on any atom is -0.444 e. The van der Waals surface area contributed by atoms with Gasteiger partial charge in [-0.2, -0.15) is 0 Å². The van der Waals surface area contributed by atoms with E-state index in [2.05, 4.69) is 16.0 Å². The van der Waals surface area contributed by atoms with Gasteiger partial charge >= 0.3 is 12.1 Å². The second-order valence-electron chi connectivity index (χ2n) is 14.7. The fourth-order valence-corrected chi connectivity index (χ4v) is 8.53. The molecule has 5 amide bonds. The Balaban J connectivity index is 1.33. The third-order valence-electron chi connectivity index (χ3n) is 9.80. The molecule has 11 heteroatoms. The van der Waals surface area contributed by atoms with Crippen molar-refractivity contribution in [1.29, 1.82) is 0 Å². The number of hydrogen-bond donors (Lipinski definition) is 4. The number of rotatable bonds is 8. The van der Waals surface area contributed by atoms with Gasteiger partial charge in [-0.1, -0.05) is 30.3 Å². The molecule has 1 aliphatic heterocycles. The van der Waals surface area contributed by atoms with Gasteiger partial charge in [0.25, 0.3) is 11.8 Å². The van der Waals surface area contributed by atoms with E-state index in [9.17, 15) is 24.3 Å². The molecule has 0 radical (unpaired) electrons. The number of carbonyl (C=O) groups is 4. The fraction of sp³-hybridized carbons (Fsp3) is 0.543. The van der Waals surface area contributed by atoms with Crippen molar-refractivity contribution in [2.75, 3.05) is 34.8 Å². The van der Waals surface area contributed by atoms with Crippen molar-refractivity contribution < 1.29 is 29.0 Å². The van der Waals surface area contributed by atoms with Crippen molar-refractivity contribution in [1.82, 2.24) is 10.6 Å². The van der Waals surface area contributed by atoms with Crippen LogP contribution in [0.25, 0.3) is 0 Å². The van der Waals surface area contributed by atoms with Crippen molar-refractivity contribution in [3.05, 3.63) is 54.6 Å². The first-order valence-electron chi connectivity index (χ1n) is 16.4. The molecule has 2 aromatic rings. The highest BCUT2D eigenvalue weighted by molar-refractivity contribution is 6.21. The molecule has 1 heterocycles. The maximum atomic E-state index is 14.6. The summed E-state index contributed by atoms with van der Waals surface area (Å²) in [6, 6.07) is 12.9. The largest absolute Gasteiger partial charge is 0.444 e. The fourth-order valence-electron chi connectivity index (χ4n) is 8.53. The van der Waals surface area contributed by atoms with E-state index in [0.717, 1.165) is 19.3 Å². The summed E-state index contributed by atoms with van der Waals surface area (Å²) in [5.41, 5.74) is 0.751. The highest BCUT2D eigenvalue weighted by Gasteiger charge is 2.53. The molecule has 0 spiro atoms. The van der Waals surface area contributed by atoms with Gasteiger partial charge in [0.2, 0.25) is 0 Å². The molecule has 246 valence electrons. The van der Waals surface area contributed by atoms with E-state index in [1.807, 2.05) is 18.2 Å². The number of aliphatic hydroxyl groups is 1. The lowest BCUT2D eigenvalue weighted by molar-refractivity contribution is -0.129. The summed E-state index contributed by atoms with van der Waals surface area (Å²) < 4.78 is 5.39. The van der Waals surface area contributed by atoms with Gasteiger partial charge in [-0.3, -0.25) is 9.59 Å². The summed E-state index contributed by atoms with van der Waals surface area (Å²) in [4.78, 5) is 57.9. The number of fused-ring (bicyclic) bond motifs is 1. The van der Waals surface area contributed by atoms with E-state index in [1.54, 1.807) is 62.1 Å². The van der Waals surface area contributed by atoms with E-state index in [4.69, 9.17) is 4.74 Å². The third kappa shape index (κ3) is 6.84. The number of para-hydroxylation sites is 3. The average Bonchev–Trinajstić information content (AvgIpc) is 3.05. The van der Waals surface area contributed by atoms with Gasteiger partial charge in [0.05, 0.1) is 24.0 Å². The first-order valence-corrected chi connectivity index (χ1v) is 16.4. The zero-order valence-corrected chi connectivity index (χ0v) is 26.8. The van der Waals surface area contributed by atoms with Crippen molar-refractivity contribution in [2.45, 2.75) is 77.0 Å². The number of urea groups is 1. The average molecular weight is 632 g/mol. The van der Waals surface area contributed by atoms with E-state index in [-0.39, 0.29) is 12.0 Å². The van der Waals surface area contributed by atoms with E-state index in [1.165, 1.54) is 24.2 Å². The van der Waals surface area contributed by atoms with Gasteiger partial charge in [0.1, 0.15) is 5.60 Å². The maximum absolute atomic E-state index is 14.6. The topological polar surface area (TPSA) is 140 Å². The summed E-state index contributed by atoms with van der Waals surface area (Å²) in [6.45, 7) is 5.03. The van der Waals surface area contributed by atoms with Crippen LogP contribution in [-0.2, 0) is 14.3 Å². The maximum Gasteiger partial charge on any atom is 0.408 e. The monoisotopic (exact) mass is 631 g/mol. The Labute approximate surface area is 270 Å². The predicted octanol–water partition coefficient (Wildman–Crippen LogP) is 4.66. The number of aliphatic hydroxyl groups excluding tert-OH is 1. The zero-order chi connectivity index (χ0) is 32.6. The molecule has 0 unspecified atom stereocenters. The summed E-state index contributed by atoms with van der Waals surface area (Å²) in [5.74, 6) is 0.835. The highest BCUT2D eigenvalue weighted by atomic mass is 16.6. The molecular weight excluding hydrogens is 586 g/mol. The number of nitrogens with zero attached hydrogens (tertiary/aromatic N) is 2. The Morgan fingerprint density at radius 3 is 2.00 bits per heavy atom. The molecule has 4 bridgehead atoms. The minimum absolute atomic E-state index is 0.0432. The van der Waals surface area contributed by atoms with Crippen LogP contribution in [0, 0.1) is 23.2 Å². The molecule has 2 atom stereocenters. The first kappa shape index (κ1) is 31.8. The minimum atomic E-state index is -1.54. The van der Waals surface area contributed by atoms with Gasteiger partial charge in [0.15, 0.2) is 6.04 Å². The van der Waals surface area contributed by atoms with E-state index >= 15 is 0 Å². The number of benzene rings is 2. The molecule has 46 heavy (non-hydrogen) atoms. The molecule has 11 nitrogen and oxygen atoms in total. The second kappa shape index (κ2) is 12.6. The van der Waals surface area contributed by atoms with Crippen LogP contribution in [0.4, 0.5) is 26.7 Å². The first-order chi connectivity index (χ1) is 21.9. The summed E-state index contributed by atoms with van der Waals surface area (Å²) in [5, 5.41) is 18.3. The zero-order valence-electron chi connectivity index (χ0n) is 26.8. The molecule has 4 aliphatic carbocycles. The van der Waals surface area contributed by atoms with Crippen LogP contribution in [0.5, 0.6) is 0 Å². The Bertz CT molecular complexity index is 1440. The van der Waals surface area contributed by atoms with Crippen LogP contribution in [0.15, 0.2) is 54.6 Å². The molecule has 7 rings (SSSR count). The smallest absolute Gasteiger partial charge is 0.408 e. The Morgan fingerprint density at radius 2 is 1.43 bits per heavy atom. The number of hydrogen-bond acceptors (Lipinski definition) is 6. The quantitative estimate of drug-likeness (QED) is 0.313. The van der Waals surface area contributed by atoms with Gasteiger partial charge in [-0.05, 0) is 107 Å². The van der Waals surface area contributed by atoms with E-state index < -0.39 is 48.2 Å². The van der Waals surface area contributed by atoms with Crippen molar-refractivity contribution >= 4 is 41.0 Å². The van der Waals surface area contributed by atoms with Crippen LogP contribution in [-0.4, -0.2) is 66.4 Å². The van der Waals surface area contributed by atoms with Gasteiger partial charge in [-0.25, -0.2) is 9.59 Å². The van der Waals surface area contributed by atoms with Crippen molar-refractivity contribution in [3.63, 3.8) is 0 Å². The number of ether oxygens (including phenoxy) is 1. The van der Waals surface area contributed by atoms with Crippen LogP contribution < -0.4 is 25.8 Å². The third-order valence-corrected chi connectivity index (χ3v) is 9.80. The Hall–Kier alpha value is -4.12. The molecule has 5 aliphatic rings. The standard InChI is InChI=1S/C35H45N5O6/c1-34(2,3)46-33(45)37-26(20-41)19-39-27-11-7-8-12-28(27)40(21-35-16-22-13-23(17-35)15-24(14-22)18-35)31(43)29(30(39)42)38-32(44)36-25-9-5-4-6-10-25/h4-12,22-24,26,29,41H,13-21H2,1-3H3,(H,37,45)(H2,36,38,44)/t22?,23?,24?,26-,29+,35?/m1/s1. The molecule has 0 saturated heterocycles. The number of anilines is 3. The molecule has 2 aromatic carbocycles. The summed E-state index contributed by atoms with van der Waals surface area (Å²) in [6.07, 6.45) is 6.21. The number of alkyl carbamates (subject to hydrolysis) is 1. The molecule has 4 fully saturated rings. The summed E-state index contributed by atoms with van der Waals surface area (Å²) >= 11 is 0. The number of carbonyl (C=O) groups excluding carboxylic acids is 4. The second-order valence-corrected chi connectivity index (χ2v) is 14.7. The Morgan fingerprint density at radius 1 is 0.891 bits per heavy atom. The molecule has 4 N–H and O–H groups in total.